The minimum Gasteiger partial charge on any atom is -0.381 e. The first-order valence-corrected chi connectivity index (χ1v) is 7.48. The maximum Gasteiger partial charge on any atom is 0.250 e. The van der Waals surface area contributed by atoms with E-state index in [1.54, 1.807) is 12.1 Å². The second kappa shape index (κ2) is 5.68. The highest BCUT2D eigenvalue weighted by Crippen LogP contribution is 2.17. The minimum absolute atomic E-state index is 0.00191. The van der Waals surface area contributed by atoms with E-state index in [0.717, 1.165) is 0 Å². The molecule has 19 heavy (non-hydrogen) atoms. The van der Waals surface area contributed by atoms with Crippen molar-refractivity contribution in [1.82, 2.24) is 4.72 Å². The van der Waals surface area contributed by atoms with Gasteiger partial charge in [-0.15, -0.1) is 0 Å². The Kier molecular flexibility index (Phi) is 4.18. The van der Waals surface area contributed by atoms with Crippen molar-refractivity contribution in [3.05, 3.63) is 29.8 Å². The summed E-state index contributed by atoms with van der Waals surface area (Å²) in [6.45, 7) is 1.06. The Bertz CT molecular complexity index is 565. The number of sulfonamides is 1. The van der Waals surface area contributed by atoms with E-state index in [1.165, 1.54) is 12.1 Å². The summed E-state index contributed by atoms with van der Waals surface area (Å²) in [6.07, 6.45) is 1.25. The van der Waals surface area contributed by atoms with Crippen LogP contribution in [0.5, 0.6) is 0 Å². The molecule has 1 fully saturated rings. The molecule has 7 heteroatoms. The Balaban J connectivity index is 2.26. The van der Waals surface area contributed by atoms with Crippen LogP contribution >= 0.6 is 0 Å². The molecule has 0 aromatic heterocycles. The Labute approximate surface area is 112 Å². The van der Waals surface area contributed by atoms with Crippen LogP contribution in [0.4, 0.5) is 0 Å². The maximum absolute atomic E-state index is 12.3. The van der Waals surface area contributed by atoms with E-state index in [2.05, 4.69) is 4.72 Å². The number of ether oxygens (including phenoxy) is 1. The molecule has 0 spiro atoms. The van der Waals surface area contributed by atoms with Gasteiger partial charge < -0.3 is 10.5 Å². The van der Waals surface area contributed by atoms with E-state index in [-0.39, 0.29) is 16.5 Å². The fourth-order valence-electron chi connectivity index (χ4n) is 2.00. The molecule has 1 aliphatic heterocycles. The fourth-order valence-corrected chi connectivity index (χ4v) is 3.52. The van der Waals surface area contributed by atoms with Gasteiger partial charge in [0.1, 0.15) is 0 Å². The lowest BCUT2D eigenvalue weighted by Crippen LogP contribution is -2.39. The molecule has 0 saturated carbocycles. The zero-order valence-corrected chi connectivity index (χ0v) is 11.2. The molecular weight excluding hydrogens is 268 g/mol. The highest BCUT2D eigenvalue weighted by molar-refractivity contribution is 7.89. The highest BCUT2D eigenvalue weighted by Gasteiger charge is 2.25. The molecule has 1 aliphatic rings. The van der Waals surface area contributed by atoms with Gasteiger partial charge >= 0.3 is 0 Å². The summed E-state index contributed by atoms with van der Waals surface area (Å²) < 4.78 is 32.3. The van der Waals surface area contributed by atoms with Gasteiger partial charge in [0.05, 0.1) is 10.5 Å². The number of hydrogen-bond acceptors (Lipinski definition) is 4. The van der Waals surface area contributed by atoms with Gasteiger partial charge in [-0.1, -0.05) is 12.1 Å². The van der Waals surface area contributed by atoms with Gasteiger partial charge in [0, 0.05) is 19.3 Å². The highest BCUT2D eigenvalue weighted by atomic mass is 32.2. The van der Waals surface area contributed by atoms with E-state index < -0.39 is 15.9 Å². The summed E-state index contributed by atoms with van der Waals surface area (Å²) in [5.74, 6) is -0.757. The van der Waals surface area contributed by atoms with E-state index in [1.807, 2.05) is 0 Å². The quantitative estimate of drug-likeness (QED) is 0.827. The van der Waals surface area contributed by atoms with Crippen LogP contribution in [0.25, 0.3) is 0 Å². The number of rotatable bonds is 4. The number of amides is 1. The van der Waals surface area contributed by atoms with Crippen LogP contribution in [0, 0.1) is 0 Å². The fraction of sp³-hybridized carbons (Fsp3) is 0.417. The SMILES string of the molecule is NC(=O)c1ccccc1S(=O)(=O)NC1CCOCC1. The van der Waals surface area contributed by atoms with Gasteiger partial charge in [-0.3, -0.25) is 4.79 Å². The topological polar surface area (TPSA) is 98.5 Å². The molecule has 0 aliphatic carbocycles. The lowest BCUT2D eigenvalue weighted by molar-refractivity contribution is 0.0831. The third-order valence-electron chi connectivity index (χ3n) is 2.99. The second-order valence-corrected chi connectivity index (χ2v) is 6.05. The molecule has 0 atom stereocenters. The molecule has 6 nitrogen and oxygen atoms in total. The molecular formula is C12H16N2O4S. The predicted octanol–water partition coefficient (Wildman–Crippen LogP) is 0.243. The molecule has 104 valence electrons. The van der Waals surface area contributed by atoms with Crippen molar-refractivity contribution in [1.29, 1.82) is 0 Å². The largest absolute Gasteiger partial charge is 0.381 e. The summed E-state index contributed by atoms with van der Waals surface area (Å²) in [5.41, 5.74) is 5.20. The van der Waals surface area contributed by atoms with E-state index >= 15 is 0 Å². The number of nitrogens with one attached hydrogen (secondary N) is 1. The molecule has 0 unspecified atom stereocenters. The van der Waals surface area contributed by atoms with Gasteiger partial charge in [0.2, 0.25) is 15.9 Å². The smallest absolute Gasteiger partial charge is 0.250 e. The van der Waals surface area contributed by atoms with Crippen LogP contribution in [-0.4, -0.2) is 33.6 Å². The first-order chi connectivity index (χ1) is 9.00. The molecule has 1 saturated heterocycles. The number of benzene rings is 1. The monoisotopic (exact) mass is 284 g/mol. The predicted molar refractivity (Wildman–Crippen MR) is 69.1 cm³/mol. The van der Waals surface area contributed by atoms with Crippen LogP contribution in [0.1, 0.15) is 23.2 Å². The average molecular weight is 284 g/mol. The van der Waals surface area contributed by atoms with E-state index in [4.69, 9.17) is 10.5 Å². The van der Waals surface area contributed by atoms with Crippen molar-refractivity contribution in [2.75, 3.05) is 13.2 Å². The number of nitrogens with two attached hydrogens (primary N) is 1. The van der Waals surface area contributed by atoms with E-state index in [9.17, 15) is 13.2 Å². The van der Waals surface area contributed by atoms with Gasteiger partial charge in [-0.2, -0.15) is 0 Å². The Morgan fingerprint density at radius 1 is 1.26 bits per heavy atom. The van der Waals surface area contributed by atoms with Gasteiger partial charge in [0.25, 0.3) is 0 Å². The molecule has 1 aromatic carbocycles. The standard InChI is InChI=1S/C12H16N2O4S/c13-12(15)10-3-1-2-4-11(10)19(16,17)14-9-5-7-18-8-6-9/h1-4,9,14H,5-8H2,(H2,13,15). The molecule has 1 aromatic rings. The van der Waals surface area contributed by atoms with Crippen LogP contribution < -0.4 is 10.5 Å². The van der Waals surface area contributed by atoms with Gasteiger partial charge in [-0.05, 0) is 25.0 Å². The van der Waals surface area contributed by atoms with Crippen molar-refractivity contribution in [2.45, 2.75) is 23.8 Å². The molecule has 3 N–H and O–H groups in total. The van der Waals surface area contributed by atoms with Crippen LogP contribution in [0.15, 0.2) is 29.2 Å². The summed E-state index contributed by atoms with van der Waals surface area (Å²) in [6, 6.07) is 5.75. The summed E-state index contributed by atoms with van der Waals surface area (Å²) in [4.78, 5) is 11.2. The van der Waals surface area contributed by atoms with Gasteiger partial charge in [0.15, 0.2) is 0 Å². The summed E-state index contributed by atoms with van der Waals surface area (Å²) in [5, 5.41) is 0. The van der Waals surface area contributed by atoms with Crippen molar-refractivity contribution in [3.63, 3.8) is 0 Å². The van der Waals surface area contributed by atoms with Crippen LogP contribution in [-0.2, 0) is 14.8 Å². The molecule has 0 radical (unpaired) electrons. The van der Waals surface area contributed by atoms with Gasteiger partial charge in [-0.25, -0.2) is 13.1 Å². The Morgan fingerprint density at radius 3 is 2.53 bits per heavy atom. The van der Waals surface area contributed by atoms with Crippen LogP contribution in [0.2, 0.25) is 0 Å². The first-order valence-electron chi connectivity index (χ1n) is 5.99. The zero-order valence-electron chi connectivity index (χ0n) is 10.3. The maximum atomic E-state index is 12.3. The lowest BCUT2D eigenvalue weighted by atomic mass is 10.1. The minimum atomic E-state index is -3.74. The molecule has 2 rings (SSSR count). The number of carbonyl (C=O) groups is 1. The van der Waals surface area contributed by atoms with Crippen molar-refractivity contribution in [2.24, 2.45) is 5.73 Å². The van der Waals surface area contributed by atoms with Crippen molar-refractivity contribution >= 4 is 15.9 Å². The van der Waals surface area contributed by atoms with Crippen LogP contribution in [0.3, 0.4) is 0 Å². The normalized spacial score (nSPS) is 17.3. The Hall–Kier alpha value is -1.44. The lowest BCUT2D eigenvalue weighted by Gasteiger charge is -2.23. The molecule has 1 amide bonds. The summed E-state index contributed by atoms with van der Waals surface area (Å²) in [7, 11) is -3.74. The second-order valence-electron chi connectivity index (χ2n) is 4.37. The molecule has 1 heterocycles. The van der Waals surface area contributed by atoms with E-state index in [0.29, 0.717) is 26.1 Å². The first kappa shape index (κ1) is 14.0. The molecule has 0 bridgehead atoms. The third kappa shape index (κ3) is 3.31. The number of carbonyl (C=O) groups excluding carboxylic acids is 1. The summed E-state index contributed by atoms with van der Waals surface area (Å²) >= 11 is 0. The average Bonchev–Trinajstić information content (AvgIpc) is 2.39. The third-order valence-corrected chi connectivity index (χ3v) is 4.56. The van der Waals surface area contributed by atoms with Crippen molar-refractivity contribution in [3.8, 4) is 0 Å². The zero-order chi connectivity index (χ0) is 13.9. The number of hydrogen-bond donors (Lipinski definition) is 2. The van der Waals surface area contributed by atoms with Crippen molar-refractivity contribution < 1.29 is 17.9 Å². The number of primary amides is 1. The Morgan fingerprint density at radius 2 is 1.89 bits per heavy atom.